The molecule has 2 heterocycles. The van der Waals surface area contributed by atoms with Crippen molar-refractivity contribution in [3.05, 3.63) is 84.8 Å². The highest BCUT2D eigenvalue weighted by Crippen LogP contribution is 2.40. The maximum atomic E-state index is 13.7. The van der Waals surface area contributed by atoms with Crippen LogP contribution in [0.3, 0.4) is 0 Å². The molecule has 2 saturated carbocycles. The van der Waals surface area contributed by atoms with Crippen molar-refractivity contribution in [2.75, 3.05) is 0 Å². The number of allylic oxidation sites excluding steroid dienone is 1. The van der Waals surface area contributed by atoms with Crippen LogP contribution < -0.4 is 10.6 Å². The van der Waals surface area contributed by atoms with Crippen molar-refractivity contribution in [3.63, 3.8) is 0 Å². The number of carbonyl (C=O) groups excluding carboxylic acids is 1. The first-order valence-electron chi connectivity index (χ1n) is 18.6. The predicted octanol–water partition coefficient (Wildman–Crippen LogP) is 10.8. The van der Waals surface area contributed by atoms with Gasteiger partial charge in [-0.05, 0) is 89.8 Å². The van der Waals surface area contributed by atoms with Gasteiger partial charge < -0.3 is 20.6 Å². The minimum atomic E-state index is -2.69. The molecule has 11 heteroatoms. The molecule has 5 aromatic rings. The Labute approximate surface area is 307 Å². The average Bonchev–Trinajstić information content (AvgIpc) is 3.80. The van der Waals surface area contributed by atoms with Crippen molar-refractivity contribution >= 4 is 27.5 Å². The fourth-order valence-electron chi connectivity index (χ4n) is 7.78. The maximum absolute atomic E-state index is 13.7. The van der Waals surface area contributed by atoms with E-state index in [1.807, 2.05) is 40.0 Å². The van der Waals surface area contributed by atoms with Crippen molar-refractivity contribution in [1.29, 1.82) is 0 Å². The van der Waals surface area contributed by atoms with Crippen LogP contribution >= 0.6 is 0 Å². The van der Waals surface area contributed by atoms with Gasteiger partial charge in [-0.15, -0.1) is 0 Å². The summed E-state index contributed by atoms with van der Waals surface area (Å²) in [5.74, 6) is -4.47. The number of aromatic amines is 2. The number of hydrogen-bond acceptors (Lipinski definition) is 4. The van der Waals surface area contributed by atoms with Gasteiger partial charge in [-0.25, -0.2) is 27.5 Å². The summed E-state index contributed by atoms with van der Waals surface area (Å²) in [6, 6.07) is 16.3. The molecule has 280 valence electrons. The van der Waals surface area contributed by atoms with Crippen LogP contribution in [0.5, 0.6) is 0 Å². The number of alkyl halides is 4. The lowest BCUT2D eigenvalue weighted by Crippen LogP contribution is -2.42. The van der Waals surface area contributed by atoms with Gasteiger partial charge in [0.15, 0.2) is 0 Å². The van der Waals surface area contributed by atoms with Gasteiger partial charge in [-0.3, -0.25) is 4.79 Å². The molecule has 4 N–H and O–H groups in total. The highest BCUT2D eigenvalue weighted by molar-refractivity contribution is 6.00. The Morgan fingerprint density at radius 1 is 0.736 bits per heavy atom. The number of nitrogens with one attached hydrogen (secondary N) is 4. The minimum absolute atomic E-state index is 0.0322. The topological polar surface area (TPSA) is 98.5 Å². The number of fused-ring (bicyclic) bond motifs is 2. The number of imidazole rings is 2. The zero-order valence-corrected chi connectivity index (χ0v) is 30.8. The Kier molecular flexibility index (Phi) is 9.66. The summed E-state index contributed by atoms with van der Waals surface area (Å²) in [5.41, 5.74) is 4.07. The number of carbonyl (C=O) groups is 1. The third-order valence-electron chi connectivity index (χ3n) is 11.1. The van der Waals surface area contributed by atoms with E-state index in [9.17, 15) is 22.4 Å². The molecular formula is C42H48F4N6O. The molecule has 2 aromatic heterocycles. The fourth-order valence-corrected chi connectivity index (χ4v) is 7.78. The SMILES string of the molecule is C=C(N[C@@H](C)c1ncc(-c2ccc3cc4cc(-c5cnc([C@@H](NC(=O)C6CCC(F)(F)CC6)C(C)(C)C)[nH]5)ccc4cc3c2)[nH]1)C1CCC(F)(F)CC1. The zero-order chi connectivity index (χ0) is 37.7. The number of H-pyrrole nitrogens is 2. The second kappa shape index (κ2) is 14.0. The van der Waals surface area contributed by atoms with Gasteiger partial charge >= 0.3 is 0 Å². The molecule has 0 saturated heterocycles. The van der Waals surface area contributed by atoms with E-state index in [0.29, 0.717) is 18.7 Å². The van der Waals surface area contributed by atoms with E-state index < -0.39 is 23.8 Å². The third kappa shape index (κ3) is 8.14. The van der Waals surface area contributed by atoms with E-state index >= 15 is 0 Å². The van der Waals surface area contributed by atoms with Gasteiger partial charge in [0.25, 0.3) is 0 Å². The van der Waals surface area contributed by atoms with Crippen LogP contribution in [0.4, 0.5) is 17.6 Å². The second-order valence-corrected chi connectivity index (χ2v) is 16.3. The van der Waals surface area contributed by atoms with Crippen LogP contribution in [-0.4, -0.2) is 37.7 Å². The van der Waals surface area contributed by atoms with Crippen molar-refractivity contribution in [2.24, 2.45) is 17.3 Å². The van der Waals surface area contributed by atoms with E-state index in [1.165, 1.54) is 0 Å². The first kappa shape index (κ1) is 36.7. The van der Waals surface area contributed by atoms with Crippen LogP contribution in [0.2, 0.25) is 0 Å². The molecule has 0 spiro atoms. The molecule has 2 atom stereocenters. The van der Waals surface area contributed by atoms with Crippen molar-refractivity contribution in [3.8, 4) is 22.5 Å². The smallest absolute Gasteiger partial charge is 0.248 e. The van der Waals surface area contributed by atoms with Crippen molar-refractivity contribution < 1.29 is 22.4 Å². The number of amides is 1. The van der Waals surface area contributed by atoms with Crippen molar-refractivity contribution in [1.82, 2.24) is 30.6 Å². The lowest BCUT2D eigenvalue weighted by Gasteiger charge is -2.33. The average molecular weight is 729 g/mol. The highest BCUT2D eigenvalue weighted by Gasteiger charge is 2.39. The van der Waals surface area contributed by atoms with Crippen LogP contribution in [0.25, 0.3) is 44.1 Å². The quantitative estimate of drug-likeness (QED) is 0.0897. The van der Waals surface area contributed by atoms with Crippen LogP contribution in [-0.2, 0) is 4.79 Å². The standard InChI is InChI=1S/C42H48F4N6O/c1-24(26-10-14-41(43,44)15-11-26)49-25(2)37-47-22-34(50-37)30-8-6-28-19-33-21-31(9-7-29(33)18-32(28)20-30)35-23-48-38(51-35)36(40(3,4)5)52-39(53)27-12-16-42(45,46)17-13-27/h6-9,18-23,25-27,36,49H,1,10-17H2,2-5H3,(H,47,50)(H,48,51)(H,52,53)/t25-,36+/m0/s1. The largest absolute Gasteiger partial charge is 0.379 e. The Morgan fingerprint density at radius 2 is 1.21 bits per heavy atom. The number of halogens is 4. The molecular weight excluding hydrogens is 680 g/mol. The Hall–Kier alpha value is -4.67. The normalized spacial score (nSPS) is 19.2. The van der Waals surface area contributed by atoms with E-state index in [0.717, 1.165) is 55.6 Å². The molecule has 2 fully saturated rings. The molecule has 0 unspecified atom stereocenters. The Morgan fingerprint density at radius 3 is 1.72 bits per heavy atom. The first-order chi connectivity index (χ1) is 25.0. The summed E-state index contributed by atoms with van der Waals surface area (Å²) < 4.78 is 54.7. The van der Waals surface area contributed by atoms with Crippen LogP contribution in [0, 0.1) is 17.3 Å². The minimum Gasteiger partial charge on any atom is -0.379 e. The van der Waals surface area contributed by atoms with Gasteiger partial charge in [-0.1, -0.05) is 51.6 Å². The summed E-state index contributed by atoms with van der Waals surface area (Å²) in [7, 11) is 0. The fraction of sp³-hybridized carbons (Fsp3) is 0.452. The van der Waals surface area contributed by atoms with E-state index in [-0.39, 0.29) is 61.8 Å². The molecule has 53 heavy (non-hydrogen) atoms. The maximum Gasteiger partial charge on any atom is 0.248 e. The van der Waals surface area contributed by atoms with Gasteiger partial charge in [0.05, 0.1) is 35.9 Å². The molecule has 0 radical (unpaired) electrons. The second-order valence-electron chi connectivity index (χ2n) is 16.3. The molecule has 3 aromatic carbocycles. The number of benzene rings is 3. The van der Waals surface area contributed by atoms with Gasteiger partial charge in [0.2, 0.25) is 17.8 Å². The molecule has 0 bridgehead atoms. The lowest BCUT2D eigenvalue weighted by atomic mass is 9.83. The number of hydrogen-bond donors (Lipinski definition) is 4. The summed E-state index contributed by atoms with van der Waals surface area (Å²) in [4.78, 5) is 29.3. The van der Waals surface area contributed by atoms with Gasteiger partial charge in [0.1, 0.15) is 11.6 Å². The van der Waals surface area contributed by atoms with E-state index in [2.05, 4.69) is 79.6 Å². The summed E-state index contributed by atoms with van der Waals surface area (Å²) in [5, 5.41) is 10.8. The van der Waals surface area contributed by atoms with Crippen molar-refractivity contribution in [2.45, 2.75) is 103 Å². The molecule has 2 aliphatic carbocycles. The predicted molar refractivity (Wildman–Crippen MR) is 201 cm³/mol. The number of nitrogens with zero attached hydrogens (tertiary/aromatic N) is 2. The number of aromatic nitrogens is 4. The first-order valence-corrected chi connectivity index (χ1v) is 18.6. The van der Waals surface area contributed by atoms with Crippen LogP contribution in [0.15, 0.2) is 73.2 Å². The monoisotopic (exact) mass is 728 g/mol. The molecule has 0 aliphatic heterocycles. The van der Waals surface area contributed by atoms with Crippen LogP contribution in [0.1, 0.15) is 103 Å². The molecule has 7 nitrogen and oxygen atoms in total. The Bertz CT molecular complexity index is 2130. The summed E-state index contributed by atoms with van der Waals surface area (Å²) >= 11 is 0. The van der Waals surface area contributed by atoms with Gasteiger partial charge in [-0.2, -0.15) is 0 Å². The van der Waals surface area contributed by atoms with E-state index in [4.69, 9.17) is 0 Å². The zero-order valence-electron chi connectivity index (χ0n) is 30.8. The summed E-state index contributed by atoms with van der Waals surface area (Å²) in [6.45, 7) is 12.2. The Balaban J connectivity index is 1.05. The highest BCUT2D eigenvalue weighted by atomic mass is 19.3. The third-order valence-corrected chi connectivity index (χ3v) is 11.1. The summed E-state index contributed by atoms with van der Waals surface area (Å²) in [6.07, 6.45) is 4.11. The lowest BCUT2D eigenvalue weighted by molar-refractivity contribution is -0.130. The molecule has 2 aliphatic rings. The van der Waals surface area contributed by atoms with E-state index in [1.54, 1.807) is 6.20 Å². The van der Waals surface area contributed by atoms with Gasteiger partial charge in [0, 0.05) is 48.4 Å². The molecule has 7 rings (SSSR count). The number of rotatable bonds is 9. The molecule has 1 amide bonds.